The number of hydrogen-bond acceptors (Lipinski definition) is 6. The highest BCUT2D eigenvalue weighted by Gasteiger charge is 2.25. The molecule has 3 rings (SSSR count). The maximum absolute atomic E-state index is 13.1. The van der Waals surface area contributed by atoms with Crippen LogP contribution >= 0.6 is 0 Å². The van der Waals surface area contributed by atoms with Crippen LogP contribution in [-0.2, 0) is 33.8 Å². The van der Waals surface area contributed by atoms with Gasteiger partial charge in [0.2, 0.25) is 5.91 Å². The smallest absolute Gasteiger partial charge is 0.337 e. The summed E-state index contributed by atoms with van der Waals surface area (Å²) < 4.78 is 13.7. The predicted molar refractivity (Wildman–Crippen MR) is 108 cm³/mol. The van der Waals surface area contributed by atoms with Crippen LogP contribution in [0.15, 0.2) is 16.9 Å². The summed E-state index contributed by atoms with van der Waals surface area (Å²) in [6.45, 7) is 3.20. The largest absolute Gasteiger partial charge is 0.465 e. The summed E-state index contributed by atoms with van der Waals surface area (Å²) in [5.74, 6) is -1.14. The normalized spacial score (nSPS) is 16.0. The zero-order chi connectivity index (χ0) is 22.0. The Bertz CT molecular complexity index is 1050. The minimum Gasteiger partial charge on any atom is -0.465 e. The maximum Gasteiger partial charge on any atom is 0.337 e. The maximum atomic E-state index is 13.1. The first-order valence-electron chi connectivity index (χ1n) is 9.80. The van der Waals surface area contributed by atoms with Crippen LogP contribution in [0.25, 0.3) is 11.0 Å². The fourth-order valence-electron chi connectivity index (χ4n) is 3.78. The molecule has 30 heavy (non-hydrogen) atoms. The quantitative estimate of drug-likeness (QED) is 0.694. The van der Waals surface area contributed by atoms with Crippen molar-refractivity contribution >= 4 is 28.9 Å². The number of hydrogen-bond donors (Lipinski definition) is 1. The molecule has 1 aliphatic heterocycles. The third kappa shape index (κ3) is 3.95. The Morgan fingerprint density at radius 2 is 2.03 bits per heavy atom. The Morgan fingerprint density at radius 1 is 1.30 bits per heavy atom. The van der Waals surface area contributed by atoms with Crippen LogP contribution in [0.1, 0.15) is 35.7 Å². The molecule has 1 fully saturated rings. The molecule has 2 aromatic rings. The molecule has 3 amide bonds. The fourth-order valence-corrected chi connectivity index (χ4v) is 3.78. The molecule has 2 heterocycles. The minimum atomic E-state index is -0.885. The molecule has 10 heteroatoms. The van der Waals surface area contributed by atoms with Gasteiger partial charge in [0.15, 0.2) is 0 Å². The molecule has 0 radical (unpaired) electrons. The Balaban J connectivity index is 2.20. The summed E-state index contributed by atoms with van der Waals surface area (Å²) >= 11 is 0. The number of benzene rings is 1. The van der Waals surface area contributed by atoms with Crippen molar-refractivity contribution in [2.75, 3.05) is 20.8 Å². The van der Waals surface area contributed by atoms with Crippen molar-refractivity contribution < 1.29 is 23.9 Å². The van der Waals surface area contributed by atoms with Crippen LogP contribution in [0.5, 0.6) is 0 Å². The molecule has 0 spiro atoms. The van der Waals surface area contributed by atoms with E-state index >= 15 is 0 Å². The van der Waals surface area contributed by atoms with Gasteiger partial charge in [-0.3, -0.25) is 18.8 Å². The molecule has 0 bridgehead atoms. The number of amides is 3. The number of nitrogens with zero attached hydrogens (tertiary/aromatic N) is 3. The third-order valence-electron chi connectivity index (χ3n) is 5.39. The van der Waals surface area contributed by atoms with E-state index in [2.05, 4.69) is 0 Å². The number of nitrogens with two attached hydrogens (primary N) is 1. The number of imidazole rings is 1. The third-order valence-corrected chi connectivity index (χ3v) is 5.39. The average Bonchev–Trinajstić information content (AvgIpc) is 3.33. The molecular formula is C20H26N4O6. The van der Waals surface area contributed by atoms with Gasteiger partial charge in [-0.15, -0.1) is 0 Å². The van der Waals surface area contributed by atoms with E-state index in [4.69, 9.17) is 15.2 Å². The lowest BCUT2D eigenvalue weighted by Crippen LogP contribution is -2.38. The van der Waals surface area contributed by atoms with Gasteiger partial charge in [-0.2, -0.15) is 0 Å². The Kier molecular flexibility index (Phi) is 6.25. The number of ether oxygens (including phenoxy) is 2. The highest BCUT2D eigenvalue weighted by Crippen LogP contribution is 2.24. The average molecular weight is 418 g/mol. The second kappa shape index (κ2) is 8.70. The van der Waals surface area contributed by atoms with E-state index in [1.165, 1.54) is 20.2 Å². The minimum absolute atomic E-state index is 0.0912. The number of primary amides is 1. The Morgan fingerprint density at radius 3 is 2.60 bits per heavy atom. The van der Waals surface area contributed by atoms with Crippen LogP contribution in [0.4, 0.5) is 4.79 Å². The number of carbonyl (C=O) groups excluding carboxylic acids is 3. The lowest BCUT2D eigenvalue weighted by atomic mass is 10.0. The predicted octanol–water partition coefficient (Wildman–Crippen LogP) is 0.868. The van der Waals surface area contributed by atoms with Gasteiger partial charge < -0.3 is 15.2 Å². The number of carbonyl (C=O) groups is 3. The lowest BCUT2D eigenvalue weighted by molar-refractivity contribution is -0.126. The molecule has 162 valence electrons. The zero-order valence-electron chi connectivity index (χ0n) is 17.3. The van der Waals surface area contributed by atoms with Crippen LogP contribution in [0, 0.1) is 0 Å². The van der Waals surface area contributed by atoms with Crippen LogP contribution in [0.3, 0.4) is 0 Å². The SMILES string of the molecule is CCn1c(=O)n(CC2CCCO2)c2cc(C(=O)OC)cc(CC(=O)N(C)C(N)=O)c21. The number of methoxy groups -OCH3 is 1. The van der Waals surface area contributed by atoms with E-state index in [1.54, 1.807) is 15.2 Å². The molecule has 1 aromatic carbocycles. The molecule has 0 aliphatic carbocycles. The van der Waals surface area contributed by atoms with Gasteiger partial charge in [-0.25, -0.2) is 14.4 Å². The summed E-state index contributed by atoms with van der Waals surface area (Å²) in [7, 11) is 2.54. The fraction of sp³-hybridized carbons (Fsp3) is 0.500. The molecule has 0 saturated carbocycles. The number of fused-ring (bicyclic) bond motifs is 1. The standard InChI is InChI=1S/C20H26N4O6/c1-4-23-17-12(10-16(25)22(2)19(21)27)8-13(18(26)29-3)9-15(17)24(20(23)28)11-14-6-5-7-30-14/h8-9,14H,4-7,10-11H2,1-3H3,(H2,21,27). The van der Waals surface area contributed by atoms with Crippen molar-refractivity contribution in [2.24, 2.45) is 5.73 Å². The van der Waals surface area contributed by atoms with Crippen molar-refractivity contribution in [3.63, 3.8) is 0 Å². The number of rotatable bonds is 6. The molecule has 1 unspecified atom stereocenters. The molecule has 1 saturated heterocycles. The van der Waals surface area contributed by atoms with Gasteiger partial charge >= 0.3 is 17.7 Å². The van der Waals surface area contributed by atoms with E-state index in [1.807, 2.05) is 6.92 Å². The summed E-state index contributed by atoms with van der Waals surface area (Å²) in [5.41, 5.74) is 6.66. The van der Waals surface area contributed by atoms with Crippen LogP contribution < -0.4 is 11.4 Å². The van der Waals surface area contributed by atoms with E-state index in [0.29, 0.717) is 36.3 Å². The topological polar surface area (TPSA) is 126 Å². The van der Waals surface area contributed by atoms with Crippen LogP contribution in [0.2, 0.25) is 0 Å². The molecule has 2 N–H and O–H groups in total. The monoisotopic (exact) mass is 418 g/mol. The number of likely N-dealkylation sites (N-methyl/N-ethyl adjacent to an activating group) is 1. The van der Waals surface area contributed by atoms with E-state index in [0.717, 1.165) is 17.7 Å². The number of urea groups is 1. The zero-order valence-corrected chi connectivity index (χ0v) is 17.3. The van der Waals surface area contributed by atoms with Crippen molar-refractivity contribution in [3.8, 4) is 0 Å². The van der Waals surface area contributed by atoms with Crippen molar-refractivity contribution in [1.29, 1.82) is 0 Å². The molecular weight excluding hydrogens is 392 g/mol. The summed E-state index contributed by atoms with van der Waals surface area (Å²) in [6.07, 6.45) is 1.48. The van der Waals surface area contributed by atoms with E-state index in [-0.39, 0.29) is 23.8 Å². The second-order valence-electron chi connectivity index (χ2n) is 7.23. The first-order chi connectivity index (χ1) is 14.3. The first-order valence-corrected chi connectivity index (χ1v) is 9.80. The van der Waals surface area contributed by atoms with Crippen LogP contribution in [-0.4, -0.2) is 58.8 Å². The van der Waals surface area contributed by atoms with Gasteiger partial charge in [0.1, 0.15) is 0 Å². The highest BCUT2D eigenvalue weighted by atomic mass is 16.5. The first kappa shape index (κ1) is 21.6. The second-order valence-corrected chi connectivity index (χ2v) is 7.23. The van der Waals surface area contributed by atoms with Crippen molar-refractivity contribution in [3.05, 3.63) is 33.7 Å². The number of imide groups is 1. The number of aryl methyl sites for hydroxylation is 1. The summed E-state index contributed by atoms with van der Waals surface area (Å²) in [4.78, 5) is 50.1. The van der Waals surface area contributed by atoms with E-state index in [9.17, 15) is 19.2 Å². The van der Waals surface area contributed by atoms with Gasteiger partial charge in [0.05, 0.1) is 42.8 Å². The molecule has 1 aromatic heterocycles. The molecule has 10 nitrogen and oxygen atoms in total. The Hall–Kier alpha value is -3.14. The number of aromatic nitrogens is 2. The van der Waals surface area contributed by atoms with E-state index < -0.39 is 17.9 Å². The van der Waals surface area contributed by atoms with Gasteiger partial charge in [-0.1, -0.05) is 0 Å². The summed E-state index contributed by atoms with van der Waals surface area (Å²) in [5, 5.41) is 0. The molecule has 1 atom stereocenters. The van der Waals surface area contributed by atoms with Gasteiger partial charge in [-0.05, 0) is 37.5 Å². The van der Waals surface area contributed by atoms with Gasteiger partial charge in [0, 0.05) is 20.2 Å². The molecule has 1 aliphatic rings. The highest BCUT2D eigenvalue weighted by molar-refractivity contribution is 5.99. The Labute approximate surface area is 173 Å². The van der Waals surface area contributed by atoms with Crippen molar-refractivity contribution in [1.82, 2.24) is 14.0 Å². The lowest BCUT2D eigenvalue weighted by Gasteiger charge is -2.14. The van der Waals surface area contributed by atoms with Crippen molar-refractivity contribution in [2.45, 2.75) is 45.4 Å². The van der Waals surface area contributed by atoms with Gasteiger partial charge in [0.25, 0.3) is 0 Å². The summed E-state index contributed by atoms with van der Waals surface area (Å²) in [6, 6.07) is 2.22. The number of esters is 1.